The Morgan fingerprint density at radius 1 is 1.35 bits per heavy atom. The van der Waals surface area contributed by atoms with Crippen molar-refractivity contribution in [1.29, 1.82) is 0 Å². The zero-order valence-corrected chi connectivity index (χ0v) is 9.59. The number of hydrogen-bond acceptors (Lipinski definition) is 3. The van der Waals surface area contributed by atoms with Crippen molar-refractivity contribution >= 4 is 5.97 Å². The number of para-hydroxylation sites is 1. The first kappa shape index (κ1) is 11.9. The number of carboxylic acids is 1. The van der Waals surface area contributed by atoms with Crippen LogP contribution in [0.15, 0.2) is 24.3 Å². The molecule has 1 aromatic carbocycles. The van der Waals surface area contributed by atoms with Gasteiger partial charge in [-0.25, -0.2) is 4.79 Å². The van der Waals surface area contributed by atoms with Gasteiger partial charge < -0.3 is 14.6 Å². The lowest BCUT2D eigenvalue weighted by atomic mass is 9.91. The highest BCUT2D eigenvalue weighted by Crippen LogP contribution is 2.33. The average molecular weight is 236 g/mol. The Labute approximate surface area is 100 Å². The molecule has 4 nitrogen and oxygen atoms in total. The minimum atomic E-state index is -0.952. The molecular weight excluding hydrogens is 220 g/mol. The third-order valence-electron chi connectivity index (χ3n) is 2.93. The van der Waals surface area contributed by atoms with Gasteiger partial charge in [-0.1, -0.05) is 18.2 Å². The first-order valence-corrected chi connectivity index (χ1v) is 5.78. The van der Waals surface area contributed by atoms with Crippen LogP contribution in [-0.2, 0) is 9.53 Å². The maximum absolute atomic E-state index is 10.5. The summed E-state index contributed by atoms with van der Waals surface area (Å²) in [6.07, 6.45) is 1.93. The van der Waals surface area contributed by atoms with Gasteiger partial charge in [0.25, 0.3) is 0 Å². The summed E-state index contributed by atoms with van der Waals surface area (Å²) >= 11 is 0. The second kappa shape index (κ2) is 5.68. The van der Waals surface area contributed by atoms with E-state index in [4.69, 9.17) is 14.6 Å². The smallest absolute Gasteiger partial charge is 0.341 e. The second-order valence-electron chi connectivity index (χ2n) is 4.11. The van der Waals surface area contributed by atoms with Crippen molar-refractivity contribution < 1.29 is 19.4 Å². The molecule has 1 aromatic rings. The van der Waals surface area contributed by atoms with E-state index in [0.29, 0.717) is 11.7 Å². The molecule has 1 fully saturated rings. The van der Waals surface area contributed by atoms with Gasteiger partial charge in [-0.05, 0) is 30.4 Å². The van der Waals surface area contributed by atoms with Gasteiger partial charge in [0.2, 0.25) is 0 Å². The van der Waals surface area contributed by atoms with Crippen LogP contribution in [0, 0.1) is 0 Å². The topological polar surface area (TPSA) is 55.8 Å². The van der Waals surface area contributed by atoms with Crippen molar-refractivity contribution in [2.75, 3.05) is 19.8 Å². The second-order valence-corrected chi connectivity index (χ2v) is 4.11. The first-order valence-electron chi connectivity index (χ1n) is 5.78. The molecule has 0 radical (unpaired) electrons. The molecule has 0 aromatic heterocycles. The Hall–Kier alpha value is -1.55. The van der Waals surface area contributed by atoms with Crippen LogP contribution in [0.5, 0.6) is 5.75 Å². The van der Waals surface area contributed by atoms with Crippen LogP contribution in [0.25, 0.3) is 0 Å². The molecule has 0 unspecified atom stereocenters. The van der Waals surface area contributed by atoms with Crippen LogP contribution >= 0.6 is 0 Å². The van der Waals surface area contributed by atoms with Gasteiger partial charge in [0.05, 0.1) is 0 Å². The quantitative estimate of drug-likeness (QED) is 0.869. The molecule has 2 rings (SSSR count). The van der Waals surface area contributed by atoms with E-state index >= 15 is 0 Å². The average Bonchev–Trinajstić information content (AvgIpc) is 2.38. The predicted octanol–water partition coefficient (Wildman–Crippen LogP) is 2.04. The summed E-state index contributed by atoms with van der Waals surface area (Å²) in [4.78, 5) is 10.5. The number of ether oxygens (including phenoxy) is 2. The zero-order valence-electron chi connectivity index (χ0n) is 9.59. The lowest BCUT2D eigenvalue weighted by molar-refractivity contribution is -0.139. The van der Waals surface area contributed by atoms with Gasteiger partial charge in [0, 0.05) is 13.2 Å². The molecule has 1 heterocycles. The Morgan fingerprint density at radius 3 is 2.76 bits per heavy atom. The van der Waals surface area contributed by atoms with Crippen molar-refractivity contribution in [3.8, 4) is 5.75 Å². The summed E-state index contributed by atoms with van der Waals surface area (Å²) in [6.45, 7) is 1.23. The number of hydrogen-bond donors (Lipinski definition) is 1. The summed E-state index contributed by atoms with van der Waals surface area (Å²) in [7, 11) is 0. The Morgan fingerprint density at radius 2 is 2.06 bits per heavy atom. The van der Waals surface area contributed by atoms with Crippen LogP contribution in [0.1, 0.15) is 24.3 Å². The summed E-state index contributed by atoms with van der Waals surface area (Å²) < 4.78 is 10.6. The van der Waals surface area contributed by atoms with Crippen LogP contribution in [-0.4, -0.2) is 30.9 Å². The van der Waals surface area contributed by atoms with Gasteiger partial charge in [0.15, 0.2) is 6.61 Å². The molecule has 0 spiro atoms. The number of carboxylic acid groups (broad SMARTS) is 1. The Bertz CT molecular complexity index is 383. The van der Waals surface area contributed by atoms with Crippen LogP contribution < -0.4 is 4.74 Å². The van der Waals surface area contributed by atoms with Crippen molar-refractivity contribution in [2.24, 2.45) is 0 Å². The molecule has 92 valence electrons. The third kappa shape index (κ3) is 3.20. The third-order valence-corrected chi connectivity index (χ3v) is 2.93. The van der Waals surface area contributed by atoms with Gasteiger partial charge in [-0.2, -0.15) is 0 Å². The maximum Gasteiger partial charge on any atom is 0.341 e. The minimum absolute atomic E-state index is 0.291. The minimum Gasteiger partial charge on any atom is -0.482 e. The molecule has 1 aliphatic heterocycles. The predicted molar refractivity (Wildman–Crippen MR) is 62.4 cm³/mol. The first-order chi connectivity index (χ1) is 8.27. The summed E-state index contributed by atoms with van der Waals surface area (Å²) in [6, 6.07) is 7.65. The summed E-state index contributed by atoms with van der Waals surface area (Å²) in [5, 5.41) is 8.63. The molecule has 4 heteroatoms. The molecule has 0 aliphatic carbocycles. The number of carbonyl (C=O) groups is 1. The highest BCUT2D eigenvalue weighted by molar-refractivity contribution is 5.68. The van der Waals surface area contributed by atoms with E-state index in [1.807, 2.05) is 24.3 Å². The largest absolute Gasteiger partial charge is 0.482 e. The lowest BCUT2D eigenvalue weighted by Crippen LogP contribution is -2.16. The Balaban J connectivity index is 2.11. The molecule has 0 amide bonds. The van der Waals surface area contributed by atoms with Crippen molar-refractivity contribution in [3.05, 3.63) is 29.8 Å². The number of rotatable bonds is 4. The van der Waals surface area contributed by atoms with Crippen LogP contribution in [0.3, 0.4) is 0 Å². The number of aliphatic carboxylic acids is 1. The van der Waals surface area contributed by atoms with E-state index in [1.54, 1.807) is 0 Å². The van der Waals surface area contributed by atoms with E-state index in [0.717, 1.165) is 31.6 Å². The van der Waals surface area contributed by atoms with Crippen molar-refractivity contribution in [1.82, 2.24) is 0 Å². The SMILES string of the molecule is O=C(O)COc1ccccc1C1CCOCC1. The summed E-state index contributed by atoms with van der Waals surface area (Å²) in [5.41, 5.74) is 1.09. The fourth-order valence-corrected chi connectivity index (χ4v) is 2.10. The highest BCUT2D eigenvalue weighted by Gasteiger charge is 2.19. The molecular formula is C13H16O4. The molecule has 1 N–H and O–H groups in total. The van der Waals surface area contributed by atoms with Crippen LogP contribution in [0.2, 0.25) is 0 Å². The lowest BCUT2D eigenvalue weighted by Gasteiger charge is -2.24. The van der Waals surface area contributed by atoms with E-state index in [2.05, 4.69) is 0 Å². The van der Waals surface area contributed by atoms with Gasteiger partial charge in [-0.3, -0.25) is 0 Å². The molecule has 0 bridgehead atoms. The van der Waals surface area contributed by atoms with E-state index in [1.165, 1.54) is 0 Å². The zero-order chi connectivity index (χ0) is 12.1. The molecule has 1 aliphatic rings. The highest BCUT2D eigenvalue weighted by atomic mass is 16.5. The van der Waals surface area contributed by atoms with Gasteiger partial charge >= 0.3 is 5.97 Å². The fraction of sp³-hybridized carbons (Fsp3) is 0.462. The van der Waals surface area contributed by atoms with E-state index < -0.39 is 5.97 Å². The fourth-order valence-electron chi connectivity index (χ4n) is 2.10. The Kier molecular flexibility index (Phi) is 3.98. The van der Waals surface area contributed by atoms with Crippen LogP contribution in [0.4, 0.5) is 0 Å². The molecule has 17 heavy (non-hydrogen) atoms. The van der Waals surface area contributed by atoms with Crippen molar-refractivity contribution in [2.45, 2.75) is 18.8 Å². The van der Waals surface area contributed by atoms with Gasteiger partial charge in [0.1, 0.15) is 5.75 Å². The van der Waals surface area contributed by atoms with E-state index in [9.17, 15) is 4.79 Å². The summed E-state index contributed by atoms with van der Waals surface area (Å²) in [5.74, 6) is 0.141. The molecule has 0 atom stereocenters. The van der Waals surface area contributed by atoms with Crippen molar-refractivity contribution in [3.63, 3.8) is 0 Å². The molecule has 1 saturated heterocycles. The van der Waals surface area contributed by atoms with Gasteiger partial charge in [-0.15, -0.1) is 0 Å². The normalized spacial score (nSPS) is 16.7. The maximum atomic E-state index is 10.5. The molecule has 0 saturated carbocycles. The standard InChI is InChI=1S/C13H16O4/c14-13(15)9-17-12-4-2-1-3-11(12)10-5-7-16-8-6-10/h1-4,10H,5-9H2,(H,14,15). The number of benzene rings is 1. The monoisotopic (exact) mass is 236 g/mol. The van der Waals surface area contributed by atoms with E-state index in [-0.39, 0.29) is 6.61 Å².